The van der Waals surface area contributed by atoms with Gasteiger partial charge in [0.15, 0.2) is 0 Å². The van der Waals surface area contributed by atoms with Crippen molar-refractivity contribution in [3.8, 4) is 11.5 Å². The van der Waals surface area contributed by atoms with Gasteiger partial charge in [0.05, 0.1) is 18.1 Å². The number of allylic oxidation sites excluding steroid dienone is 1. The van der Waals surface area contributed by atoms with Crippen molar-refractivity contribution < 1.29 is 38.9 Å². The first-order valence-electron chi connectivity index (χ1n) is 12.1. The molecule has 8 nitrogen and oxygen atoms in total. The van der Waals surface area contributed by atoms with E-state index in [4.69, 9.17) is 9.47 Å². The standard InChI is InChI=1S/C28H28O8/c1-16-6-5-9-20(29)8-4-2-3-7-19-14-22-25(26(31)24(19)28(34)35-16)21(15-23(30)36-22)17-10-12-18(13-11-17)27(32)33/h3,7,10-14,16,21,31H,2,4-6,8-9,15H2,1H3,(H,32,33)/b7-3+/t16-,21-/m1/s1. The van der Waals surface area contributed by atoms with Gasteiger partial charge in [0.2, 0.25) is 0 Å². The summed E-state index contributed by atoms with van der Waals surface area (Å²) in [6.07, 6.45) is 6.25. The minimum absolute atomic E-state index is 0.0184. The van der Waals surface area contributed by atoms with Crippen LogP contribution in [0.4, 0.5) is 0 Å². The number of carboxylic acids is 1. The number of carboxylic acid groups (broad SMARTS) is 1. The summed E-state index contributed by atoms with van der Waals surface area (Å²) in [6.45, 7) is 1.74. The van der Waals surface area contributed by atoms with E-state index >= 15 is 0 Å². The summed E-state index contributed by atoms with van der Waals surface area (Å²) in [7, 11) is 0. The largest absolute Gasteiger partial charge is 0.507 e. The van der Waals surface area contributed by atoms with Crippen LogP contribution in [0.2, 0.25) is 0 Å². The second-order valence-corrected chi connectivity index (χ2v) is 9.20. The summed E-state index contributed by atoms with van der Waals surface area (Å²) in [6, 6.07) is 7.57. The minimum Gasteiger partial charge on any atom is -0.507 e. The number of Topliss-reactive ketones (excluding diaryl/α,β-unsaturated/α-hetero) is 1. The number of carbonyl (C=O) groups is 4. The van der Waals surface area contributed by atoms with E-state index in [-0.39, 0.29) is 40.4 Å². The van der Waals surface area contributed by atoms with Gasteiger partial charge in [-0.3, -0.25) is 9.59 Å². The molecule has 2 heterocycles. The molecule has 2 N–H and O–H groups in total. The predicted octanol–water partition coefficient (Wildman–Crippen LogP) is 5.01. The van der Waals surface area contributed by atoms with Gasteiger partial charge >= 0.3 is 17.9 Å². The van der Waals surface area contributed by atoms with E-state index < -0.39 is 29.9 Å². The Morgan fingerprint density at radius 3 is 2.50 bits per heavy atom. The molecule has 0 aromatic heterocycles. The SMILES string of the molecule is C[C@@H]1CCCC(=O)CCC/C=C/c2cc3c(c(O)c2C(=O)O1)[C@@H](c1ccc(C(=O)O)cc1)CC(=O)O3. The third kappa shape index (κ3) is 5.48. The predicted molar refractivity (Wildman–Crippen MR) is 130 cm³/mol. The minimum atomic E-state index is -1.08. The number of benzene rings is 2. The second-order valence-electron chi connectivity index (χ2n) is 9.20. The number of fused-ring (bicyclic) bond motifs is 2. The topological polar surface area (TPSA) is 127 Å². The van der Waals surface area contributed by atoms with E-state index in [1.165, 1.54) is 12.1 Å². The third-order valence-corrected chi connectivity index (χ3v) is 6.54. The number of phenols is 1. The molecule has 36 heavy (non-hydrogen) atoms. The lowest BCUT2D eigenvalue weighted by Crippen LogP contribution is -2.23. The monoisotopic (exact) mass is 492 g/mol. The highest BCUT2D eigenvalue weighted by Gasteiger charge is 2.35. The Hall–Kier alpha value is -3.94. The molecule has 188 valence electrons. The number of esters is 2. The van der Waals surface area contributed by atoms with Gasteiger partial charge < -0.3 is 19.7 Å². The molecule has 0 saturated carbocycles. The van der Waals surface area contributed by atoms with Crippen molar-refractivity contribution in [2.75, 3.05) is 0 Å². The number of rotatable bonds is 2. The molecule has 4 rings (SSSR count). The van der Waals surface area contributed by atoms with Crippen LogP contribution >= 0.6 is 0 Å². The summed E-state index contributed by atoms with van der Waals surface area (Å²) in [4.78, 5) is 48.9. The molecule has 8 heteroatoms. The van der Waals surface area contributed by atoms with Crippen LogP contribution in [0, 0.1) is 0 Å². The number of phenolic OH excluding ortho intramolecular Hbond substituents is 1. The Morgan fingerprint density at radius 2 is 1.78 bits per heavy atom. The van der Waals surface area contributed by atoms with E-state index in [0.29, 0.717) is 49.7 Å². The number of hydrogen-bond acceptors (Lipinski definition) is 7. The zero-order valence-electron chi connectivity index (χ0n) is 20.0. The Balaban J connectivity index is 1.80. The van der Waals surface area contributed by atoms with Crippen molar-refractivity contribution in [1.82, 2.24) is 0 Å². The number of ketones is 1. The van der Waals surface area contributed by atoms with Gasteiger partial charge in [-0.05, 0) is 61.9 Å². The van der Waals surface area contributed by atoms with Crippen LogP contribution < -0.4 is 4.74 Å². The molecule has 0 radical (unpaired) electrons. The lowest BCUT2D eigenvalue weighted by molar-refractivity contribution is -0.135. The van der Waals surface area contributed by atoms with E-state index in [1.807, 2.05) is 6.08 Å². The van der Waals surface area contributed by atoms with Crippen LogP contribution in [0.1, 0.15) is 95.2 Å². The molecule has 2 atom stereocenters. The van der Waals surface area contributed by atoms with Gasteiger partial charge in [-0.1, -0.05) is 24.3 Å². The molecule has 2 aromatic rings. The molecule has 0 unspecified atom stereocenters. The molecule has 2 aliphatic rings. The van der Waals surface area contributed by atoms with Crippen LogP contribution in [0.5, 0.6) is 11.5 Å². The zero-order valence-corrected chi connectivity index (χ0v) is 20.0. The second kappa shape index (κ2) is 10.8. The summed E-state index contributed by atoms with van der Waals surface area (Å²) in [5.41, 5.74) is 1.31. The number of ether oxygens (including phenoxy) is 2. The zero-order chi connectivity index (χ0) is 25.8. The summed E-state index contributed by atoms with van der Waals surface area (Å²) in [5.74, 6) is -2.94. The highest BCUT2D eigenvalue weighted by atomic mass is 16.5. The Bertz CT molecular complexity index is 1230. The maximum Gasteiger partial charge on any atom is 0.342 e. The van der Waals surface area contributed by atoms with Gasteiger partial charge in [-0.2, -0.15) is 0 Å². The smallest absolute Gasteiger partial charge is 0.342 e. The molecular formula is C28H28O8. The van der Waals surface area contributed by atoms with Gasteiger partial charge in [0.25, 0.3) is 0 Å². The van der Waals surface area contributed by atoms with E-state index in [1.54, 1.807) is 31.2 Å². The highest BCUT2D eigenvalue weighted by Crippen LogP contribution is 2.47. The maximum atomic E-state index is 13.2. The van der Waals surface area contributed by atoms with Crippen LogP contribution in [-0.4, -0.2) is 40.0 Å². The Morgan fingerprint density at radius 1 is 1.06 bits per heavy atom. The lowest BCUT2D eigenvalue weighted by atomic mass is 9.83. The summed E-state index contributed by atoms with van der Waals surface area (Å²) < 4.78 is 11.1. The van der Waals surface area contributed by atoms with Crippen molar-refractivity contribution in [1.29, 1.82) is 0 Å². The molecule has 0 fully saturated rings. The maximum absolute atomic E-state index is 13.2. The fourth-order valence-corrected chi connectivity index (χ4v) is 4.66. The first-order chi connectivity index (χ1) is 17.2. The van der Waals surface area contributed by atoms with Crippen molar-refractivity contribution in [2.24, 2.45) is 0 Å². The van der Waals surface area contributed by atoms with E-state index in [0.717, 1.165) is 0 Å². The molecule has 0 spiro atoms. The van der Waals surface area contributed by atoms with E-state index in [9.17, 15) is 29.4 Å². The van der Waals surface area contributed by atoms with Crippen LogP contribution in [0.15, 0.2) is 36.4 Å². The number of aromatic hydroxyl groups is 1. The van der Waals surface area contributed by atoms with E-state index in [2.05, 4.69) is 0 Å². The van der Waals surface area contributed by atoms with Crippen LogP contribution in [0.25, 0.3) is 6.08 Å². The number of cyclic esters (lactones) is 1. The van der Waals surface area contributed by atoms with Crippen LogP contribution in [0.3, 0.4) is 0 Å². The average Bonchev–Trinajstić information content (AvgIpc) is 2.82. The average molecular weight is 493 g/mol. The molecule has 0 amide bonds. The van der Waals surface area contributed by atoms with Crippen molar-refractivity contribution in [2.45, 2.75) is 63.9 Å². The first-order valence-corrected chi connectivity index (χ1v) is 12.1. The van der Waals surface area contributed by atoms with Gasteiger partial charge in [-0.25, -0.2) is 9.59 Å². The molecule has 0 bridgehead atoms. The van der Waals surface area contributed by atoms with Crippen molar-refractivity contribution >= 4 is 29.8 Å². The Labute approximate surface area is 208 Å². The number of aromatic carboxylic acids is 1. The lowest BCUT2D eigenvalue weighted by Gasteiger charge is -2.27. The fourth-order valence-electron chi connectivity index (χ4n) is 4.66. The summed E-state index contributed by atoms with van der Waals surface area (Å²) in [5, 5.41) is 20.6. The molecule has 0 saturated heterocycles. The van der Waals surface area contributed by atoms with Crippen LogP contribution in [-0.2, 0) is 14.3 Å². The first kappa shape index (κ1) is 25.2. The third-order valence-electron chi connectivity index (χ3n) is 6.54. The summed E-state index contributed by atoms with van der Waals surface area (Å²) >= 11 is 0. The fraction of sp³-hybridized carbons (Fsp3) is 0.357. The van der Waals surface area contributed by atoms with Gasteiger partial charge in [-0.15, -0.1) is 0 Å². The van der Waals surface area contributed by atoms with Gasteiger partial charge in [0.1, 0.15) is 22.8 Å². The molecule has 0 aliphatic carbocycles. The number of carbonyl (C=O) groups excluding carboxylic acids is 3. The van der Waals surface area contributed by atoms with Crippen molar-refractivity contribution in [3.63, 3.8) is 0 Å². The molecule has 2 aromatic carbocycles. The van der Waals surface area contributed by atoms with Crippen molar-refractivity contribution in [3.05, 3.63) is 64.2 Å². The Kier molecular flexibility index (Phi) is 7.52. The molecular weight excluding hydrogens is 464 g/mol. The number of hydrogen-bond donors (Lipinski definition) is 2. The quantitative estimate of drug-likeness (QED) is 0.442. The highest BCUT2D eigenvalue weighted by molar-refractivity contribution is 5.98. The molecule has 2 aliphatic heterocycles. The van der Waals surface area contributed by atoms with Gasteiger partial charge in [0, 0.05) is 24.3 Å². The normalized spacial score (nSPS) is 21.9.